The van der Waals surface area contributed by atoms with Crippen molar-refractivity contribution < 1.29 is 13.2 Å². The minimum Gasteiger partial charge on any atom is -0.353 e. The molecule has 1 unspecified atom stereocenters. The van der Waals surface area contributed by atoms with Crippen molar-refractivity contribution in [1.82, 2.24) is 9.62 Å². The lowest BCUT2D eigenvalue weighted by Crippen LogP contribution is -2.52. The summed E-state index contributed by atoms with van der Waals surface area (Å²) in [5.41, 5.74) is 2.72. The van der Waals surface area contributed by atoms with E-state index >= 15 is 0 Å². The summed E-state index contributed by atoms with van der Waals surface area (Å²) >= 11 is 0. The molecule has 0 saturated carbocycles. The molecule has 1 atom stereocenters. The summed E-state index contributed by atoms with van der Waals surface area (Å²) in [6, 6.07) is 13.2. The molecule has 1 aliphatic rings. The van der Waals surface area contributed by atoms with Gasteiger partial charge in [-0.25, -0.2) is 8.42 Å². The Hall–Kier alpha value is -2.18. The second kappa shape index (κ2) is 6.37. The number of amides is 1. The van der Waals surface area contributed by atoms with Crippen molar-refractivity contribution in [2.45, 2.75) is 24.8 Å². The molecule has 0 bridgehead atoms. The van der Waals surface area contributed by atoms with E-state index in [0.717, 1.165) is 11.1 Å². The summed E-state index contributed by atoms with van der Waals surface area (Å²) < 4.78 is 27.4. The fourth-order valence-corrected chi connectivity index (χ4v) is 4.39. The van der Waals surface area contributed by atoms with Crippen LogP contribution in [0.2, 0.25) is 0 Å². The molecule has 0 aromatic heterocycles. The van der Waals surface area contributed by atoms with Crippen LogP contribution >= 0.6 is 0 Å². The van der Waals surface area contributed by atoms with Gasteiger partial charge < -0.3 is 5.32 Å². The highest BCUT2D eigenvalue weighted by molar-refractivity contribution is 7.89. The predicted octanol–water partition coefficient (Wildman–Crippen LogP) is 2.17. The van der Waals surface area contributed by atoms with Crippen LogP contribution in [-0.4, -0.2) is 31.7 Å². The van der Waals surface area contributed by atoms with Crippen molar-refractivity contribution in [3.8, 4) is 0 Å². The van der Waals surface area contributed by atoms with E-state index in [1.165, 1.54) is 4.31 Å². The molecule has 0 radical (unpaired) electrons. The van der Waals surface area contributed by atoms with Gasteiger partial charge in [0.25, 0.3) is 0 Å². The molecule has 2 aromatic carbocycles. The first-order valence-electron chi connectivity index (χ1n) is 7.82. The average Bonchev–Trinajstić information content (AvgIpc) is 2.56. The zero-order chi connectivity index (χ0) is 17.3. The number of rotatable bonds is 3. The number of hydrogen-bond donors (Lipinski definition) is 1. The van der Waals surface area contributed by atoms with Crippen molar-refractivity contribution in [3.05, 3.63) is 65.2 Å². The van der Waals surface area contributed by atoms with Gasteiger partial charge in [-0.15, -0.1) is 0 Å². The quantitative estimate of drug-likeness (QED) is 0.928. The van der Waals surface area contributed by atoms with Crippen LogP contribution in [0.3, 0.4) is 0 Å². The molecule has 5 nitrogen and oxygen atoms in total. The van der Waals surface area contributed by atoms with E-state index in [0.29, 0.717) is 12.1 Å². The van der Waals surface area contributed by atoms with Crippen LogP contribution < -0.4 is 5.32 Å². The Bertz CT molecular complexity index is 843. The van der Waals surface area contributed by atoms with Gasteiger partial charge in [0.05, 0.1) is 4.90 Å². The number of nitrogens with zero attached hydrogens (tertiary/aromatic N) is 1. The Morgan fingerprint density at radius 1 is 0.958 bits per heavy atom. The van der Waals surface area contributed by atoms with E-state index in [4.69, 9.17) is 0 Å². The minimum atomic E-state index is -3.75. The van der Waals surface area contributed by atoms with E-state index in [-0.39, 0.29) is 17.3 Å². The largest absolute Gasteiger partial charge is 0.353 e. The summed E-state index contributed by atoms with van der Waals surface area (Å²) in [4.78, 5) is 12.6. The molecule has 2 aromatic rings. The monoisotopic (exact) mass is 344 g/mol. The first-order valence-corrected chi connectivity index (χ1v) is 9.26. The topological polar surface area (TPSA) is 66.5 Å². The molecule has 1 N–H and O–H groups in total. The number of piperazine rings is 1. The molecule has 1 amide bonds. The number of nitrogens with one attached hydrogen (secondary N) is 1. The molecule has 126 valence electrons. The van der Waals surface area contributed by atoms with Gasteiger partial charge in [0.2, 0.25) is 15.9 Å². The van der Waals surface area contributed by atoms with Crippen LogP contribution in [0, 0.1) is 13.8 Å². The molecule has 1 aliphatic heterocycles. The van der Waals surface area contributed by atoms with E-state index in [1.54, 1.807) is 24.3 Å². The zero-order valence-electron chi connectivity index (χ0n) is 13.7. The van der Waals surface area contributed by atoms with Crippen LogP contribution in [-0.2, 0) is 14.8 Å². The number of aryl methyl sites for hydroxylation is 2. The summed E-state index contributed by atoms with van der Waals surface area (Å²) in [6.45, 7) is 4.41. The van der Waals surface area contributed by atoms with E-state index in [9.17, 15) is 13.2 Å². The van der Waals surface area contributed by atoms with E-state index < -0.39 is 16.1 Å². The second-order valence-corrected chi connectivity index (χ2v) is 7.92. The number of sulfonamides is 1. The number of carbonyl (C=O) groups excluding carboxylic acids is 1. The molecule has 3 rings (SSSR count). The molecule has 0 aliphatic carbocycles. The molecular formula is C18H20N2O3S. The molecule has 0 spiro atoms. The van der Waals surface area contributed by atoms with Crippen molar-refractivity contribution in [1.29, 1.82) is 0 Å². The fraction of sp³-hybridized carbons (Fsp3) is 0.278. The number of carbonyl (C=O) groups is 1. The maximum atomic E-state index is 13.0. The Morgan fingerprint density at radius 2 is 1.50 bits per heavy atom. The van der Waals surface area contributed by atoms with Crippen LogP contribution in [0.25, 0.3) is 0 Å². The maximum absolute atomic E-state index is 13.0. The highest BCUT2D eigenvalue weighted by atomic mass is 32.2. The third kappa shape index (κ3) is 3.07. The van der Waals surface area contributed by atoms with E-state index in [2.05, 4.69) is 5.32 Å². The minimum absolute atomic E-state index is 0.208. The lowest BCUT2D eigenvalue weighted by Gasteiger charge is -2.34. The second-order valence-electron chi connectivity index (χ2n) is 6.03. The fourth-order valence-electron chi connectivity index (χ4n) is 2.82. The van der Waals surface area contributed by atoms with Gasteiger partial charge in [-0.1, -0.05) is 47.5 Å². The van der Waals surface area contributed by atoms with Crippen molar-refractivity contribution in [2.75, 3.05) is 13.1 Å². The normalized spacial score (nSPS) is 19.1. The van der Waals surface area contributed by atoms with Gasteiger partial charge in [-0.05, 0) is 31.5 Å². The van der Waals surface area contributed by atoms with Crippen LogP contribution in [0.1, 0.15) is 22.7 Å². The molecule has 24 heavy (non-hydrogen) atoms. The molecule has 6 heteroatoms. The smallest absolute Gasteiger partial charge is 0.244 e. The maximum Gasteiger partial charge on any atom is 0.244 e. The number of hydrogen-bond acceptors (Lipinski definition) is 3. The van der Waals surface area contributed by atoms with Gasteiger partial charge in [-0.3, -0.25) is 4.79 Å². The zero-order valence-corrected chi connectivity index (χ0v) is 14.5. The standard InChI is InChI=1S/C18H20N2O3S/c1-13-3-7-15(8-4-13)17-18(21)19-11-12-20(17)24(22,23)16-9-5-14(2)6-10-16/h3-10,17H,11-12H2,1-2H3,(H,19,21). The Balaban J connectivity index is 2.04. The first kappa shape index (κ1) is 16.7. The molecular weight excluding hydrogens is 324 g/mol. The predicted molar refractivity (Wildman–Crippen MR) is 92.0 cm³/mol. The van der Waals surface area contributed by atoms with Crippen molar-refractivity contribution in [2.24, 2.45) is 0 Å². The van der Waals surface area contributed by atoms with Crippen LogP contribution in [0.15, 0.2) is 53.4 Å². The lowest BCUT2D eigenvalue weighted by molar-refractivity contribution is -0.126. The summed E-state index contributed by atoms with van der Waals surface area (Å²) in [5, 5.41) is 2.76. The molecule has 1 fully saturated rings. The highest BCUT2D eigenvalue weighted by Crippen LogP contribution is 2.29. The summed E-state index contributed by atoms with van der Waals surface area (Å²) in [7, 11) is -3.75. The van der Waals surface area contributed by atoms with Gasteiger partial charge in [0.15, 0.2) is 0 Å². The molecule has 1 heterocycles. The van der Waals surface area contributed by atoms with Gasteiger partial charge in [0.1, 0.15) is 6.04 Å². The van der Waals surface area contributed by atoms with E-state index in [1.807, 2.05) is 38.1 Å². The Labute approximate surface area is 142 Å². The SMILES string of the molecule is Cc1ccc(C2C(=O)NCCN2S(=O)(=O)c2ccc(C)cc2)cc1. The van der Waals surface area contributed by atoms with Crippen LogP contribution in [0.5, 0.6) is 0 Å². The van der Waals surface area contributed by atoms with Gasteiger partial charge >= 0.3 is 0 Å². The highest BCUT2D eigenvalue weighted by Gasteiger charge is 2.39. The third-order valence-corrected chi connectivity index (χ3v) is 6.07. The summed E-state index contributed by atoms with van der Waals surface area (Å²) in [6.07, 6.45) is 0. The van der Waals surface area contributed by atoms with Gasteiger partial charge in [-0.2, -0.15) is 4.31 Å². The Kier molecular flexibility index (Phi) is 4.43. The molecule has 1 saturated heterocycles. The number of benzene rings is 2. The van der Waals surface area contributed by atoms with Crippen molar-refractivity contribution >= 4 is 15.9 Å². The average molecular weight is 344 g/mol. The van der Waals surface area contributed by atoms with Gasteiger partial charge in [0, 0.05) is 13.1 Å². The Morgan fingerprint density at radius 3 is 2.08 bits per heavy atom. The summed E-state index contributed by atoms with van der Waals surface area (Å²) in [5.74, 6) is -0.291. The van der Waals surface area contributed by atoms with Crippen LogP contribution in [0.4, 0.5) is 0 Å². The third-order valence-electron chi connectivity index (χ3n) is 4.19. The van der Waals surface area contributed by atoms with Crippen molar-refractivity contribution in [3.63, 3.8) is 0 Å². The lowest BCUT2D eigenvalue weighted by atomic mass is 10.0. The first-order chi connectivity index (χ1) is 11.4.